The SMILES string of the molecule is COC(=NC=C(C)CS(=O)(=O)C=Cc1c(OC)cc(OC)cc1OC)C(C)=NCC(=O)O. The van der Waals surface area contributed by atoms with Gasteiger partial charge in [0.1, 0.15) is 23.8 Å². The Morgan fingerprint density at radius 3 is 2.12 bits per heavy atom. The molecule has 0 atom stereocenters. The normalized spacial score (nSPS) is 13.2. The Morgan fingerprint density at radius 2 is 1.66 bits per heavy atom. The van der Waals surface area contributed by atoms with Gasteiger partial charge >= 0.3 is 5.97 Å². The van der Waals surface area contributed by atoms with Crippen LogP contribution in [-0.2, 0) is 19.4 Å². The maximum atomic E-state index is 12.6. The first kappa shape index (κ1) is 26.7. The lowest BCUT2D eigenvalue weighted by Gasteiger charge is -2.12. The van der Waals surface area contributed by atoms with Crippen molar-refractivity contribution in [2.75, 3.05) is 40.7 Å². The van der Waals surface area contributed by atoms with E-state index in [-0.39, 0.29) is 17.4 Å². The minimum atomic E-state index is -3.65. The molecule has 32 heavy (non-hydrogen) atoms. The molecule has 0 heterocycles. The fourth-order valence-electron chi connectivity index (χ4n) is 2.49. The van der Waals surface area contributed by atoms with Crippen molar-refractivity contribution in [2.24, 2.45) is 9.98 Å². The lowest BCUT2D eigenvalue weighted by Crippen LogP contribution is -2.15. The number of aliphatic imine (C=N–C) groups is 2. The van der Waals surface area contributed by atoms with Gasteiger partial charge in [-0.1, -0.05) is 0 Å². The highest BCUT2D eigenvalue weighted by Gasteiger charge is 2.13. The van der Waals surface area contributed by atoms with Crippen LogP contribution in [0.3, 0.4) is 0 Å². The van der Waals surface area contributed by atoms with Crippen molar-refractivity contribution in [1.29, 1.82) is 0 Å². The molecular weight excluding hydrogens is 440 g/mol. The maximum absolute atomic E-state index is 12.6. The fraction of sp³-hybridized carbons (Fsp3) is 0.381. The molecule has 0 aliphatic heterocycles. The van der Waals surface area contributed by atoms with Crippen LogP contribution in [0.4, 0.5) is 0 Å². The van der Waals surface area contributed by atoms with Gasteiger partial charge in [0.05, 0.1) is 45.5 Å². The molecular formula is C21H28N2O8S. The zero-order valence-electron chi connectivity index (χ0n) is 18.9. The molecule has 0 fully saturated rings. The van der Waals surface area contributed by atoms with Crippen molar-refractivity contribution in [3.05, 3.63) is 34.9 Å². The van der Waals surface area contributed by atoms with Gasteiger partial charge in [0.25, 0.3) is 0 Å². The third-order valence-electron chi connectivity index (χ3n) is 3.98. The second-order valence-corrected chi connectivity index (χ2v) is 8.35. The van der Waals surface area contributed by atoms with E-state index in [1.54, 1.807) is 26.0 Å². The zero-order chi connectivity index (χ0) is 24.3. The van der Waals surface area contributed by atoms with E-state index in [9.17, 15) is 13.2 Å². The zero-order valence-corrected chi connectivity index (χ0v) is 19.7. The summed E-state index contributed by atoms with van der Waals surface area (Å²) in [5.74, 6) is -0.00109. The van der Waals surface area contributed by atoms with Gasteiger partial charge in [0, 0.05) is 23.7 Å². The Bertz CT molecular complexity index is 1010. The average Bonchev–Trinajstić information content (AvgIpc) is 2.75. The fourth-order valence-corrected chi connectivity index (χ4v) is 3.64. The van der Waals surface area contributed by atoms with Crippen molar-refractivity contribution >= 4 is 33.5 Å². The van der Waals surface area contributed by atoms with Crippen LogP contribution in [0.5, 0.6) is 17.2 Å². The van der Waals surface area contributed by atoms with E-state index in [0.29, 0.717) is 28.4 Å². The van der Waals surface area contributed by atoms with Crippen molar-refractivity contribution in [1.82, 2.24) is 0 Å². The molecule has 11 heteroatoms. The van der Waals surface area contributed by atoms with E-state index < -0.39 is 22.4 Å². The smallest absolute Gasteiger partial charge is 0.325 e. The van der Waals surface area contributed by atoms with Gasteiger partial charge in [-0.05, 0) is 25.5 Å². The summed E-state index contributed by atoms with van der Waals surface area (Å²) in [6.45, 7) is 2.72. The van der Waals surface area contributed by atoms with Crippen molar-refractivity contribution in [3.63, 3.8) is 0 Å². The second kappa shape index (κ2) is 12.5. The van der Waals surface area contributed by atoms with Gasteiger partial charge in [0.15, 0.2) is 9.84 Å². The number of methoxy groups -OCH3 is 4. The number of ether oxygens (including phenoxy) is 4. The van der Waals surface area contributed by atoms with E-state index >= 15 is 0 Å². The Labute approximate surface area is 187 Å². The largest absolute Gasteiger partial charge is 0.496 e. The van der Waals surface area contributed by atoms with E-state index in [2.05, 4.69) is 9.98 Å². The van der Waals surface area contributed by atoms with Crippen LogP contribution in [0.1, 0.15) is 19.4 Å². The van der Waals surface area contributed by atoms with E-state index in [1.807, 2.05) is 0 Å². The molecule has 0 aromatic heterocycles. The quantitative estimate of drug-likeness (QED) is 0.387. The van der Waals surface area contributed by atoms with E-state index in [4.69, 9.17) is 24.1 Å². The summed E-state index contributed by atoms with van der Waals surface area (Å²) < 4.78 is 46.0. The molecule has 0 aliphatic rings. The van der Waals surface area contributed by atoms with Crippen LogP contribution in [-0.4, -0.2) is 71.8 Å². The number of nitrogens with zero attached hydrogens (tertiary/aromatic N) is 2. The van der Waals surface area contributed by atoms with Crippen LogP contribution in [0.15, 0.2) is 39.3 Å². The van der Waals surface area contributed by atoms with Crippen LogP contribution in [0, 0.1) is 0 Å². The number of carbonyl (C=O) groups is 1. The molecule has 10 nitrogen and oxygen atoms in total. The summed E-state index contributed by atoms with van der Waals surface area (Å²) >= 11 is 0. The highest BCUT2D eigenvalue weighted by molar-refractivity contribution is 7.94. The molecule has 0 amide bonds. The molecule has 0 saturated carbocycles. The molecule has 1 N–H and O–H groups in total. The van der Waals surface area contributed by atoms with Gasteiger partial charge in [-0.2, -0.15) is 0 Å². The minimum Gasteiger partial charge on any atom is -0.496 e. The third kappa shape index (κ3) is 8.42. The molecule has 0 bridgehead atoms. The highest BCUT2D eigenvalue weighted by atomic mass is 32.2. The van der Waals surface area contributed by atoms with E-state index in [0.717, 1.165) is 5.41 Å². The van der Waals surface area contributed by atoms with Crippen LogP contribution in [0.25, 0.3) is 6.08 Å². The number of benzene rings is 1. The summed E-state index contributed by atoms with van der Waals surface area (Å²) in [5, 5.41) is 9.76. The first-order valence-electron chi connectivity index (χ1n) is 9.28. The molecule has 0 radical (unpaired) electrons. The van der Waals surface area contributed by atoms with Gasteiger partial charge in [-0.25, -0.2) is 13.4 Å². The maximum Gasteiger partial charge on any atom is 0.325 e. The first-order valence-corrected chi connectivity index (χ1v) is 11.0. The standard InChI is InChI=1S/C21H28N2O8S/c1-14(11-23-21(31-6)15(2)22-12-20(24)25)13-32(26,27)8-7-17-18(29-4)9-16(28-3)10-19(17)30-5/h7-11H,12-13H2,1-6H3,(H,24,25). The van der Waals surface area contributed by atoms with Crippen LogP contribution in [0.2, 0.25) is 0 Å². The van der Waals surface area contributed by atoms with Gasteiger partial charge < -0.3 is 24.1 Å². The monoisotopic (exact) mass is 468 g/mol. The number of carboxylic acid groups (broad SMARTS) is 1. The van der Waals surface area contributed by atoms with Crippen molar-refractivity contribution in [3.8, 4) is 17.2 Å². The highest BCUT2D eigenvalue weighted by Crippen LogP contribution is 2.35. The molecule has 1 aromatic rings. The third-order valence-corrected chi connectivity index (χ3v) is 5.39. The number of carboxylic acids is 1. The molecule has 0 saturated heterocycles. The minimum absolute atomic E-state index is 0.0891. The Balaban J connectivity index is 3.10. The molecule has 176 valence electrons. The predicted molar refractivity (Wildman–Crippen MR) is 123 cm³/mol. The molecule has 0 aliphatic carbocycles. The van der Waals surface area contributed by atoms with E-state index in [1.165, 1.54) is 40.7 Å². The lowest BCUT2D eigenvalue weighted by atomic mass is 10.1. The van der Waals surface area contributed by atoms with Crippen molar-refractivity contribution in [2.45, 2.75) is 13.8 Å². The van der Waals surface area contributed by atoms with Gasteiger partial charge in [0.2, 0.25) is 5.90 Å². The molecule has 1 aromatic carbocycles. The van der Waals surface area contributed by atoms with Crippen LogP contribution >= 0.6 is 0 Å². The summed E-state index contributed by atoms with van der Waals surface area (Å²) in [5.41, 5.74) is 1.16. The van der Waals surface area contributed by atoms with Crippen molar-refractivity contribution < 1.29 is 37.3 Å². The molecule has 0 spiro atoms. The predicted octanol–water partition coefficient (Wildman–Crippen LogP) is 2.59. The van der Waals surface area contributed by atoms with Gasteiger partial charge in [-0.15, -0.1) is 0 Å². The van der Waals surface area contributed by atoms with Crippen LogP contribution < -0.4 is 14.2 Å². The first-order chi connectivity index (χ1) is 15.1. The van der Waals surface area contributed by atoms with Gasteiger partial charge in [-0.3, -0.25) is 9.79 Å². The topological polar surface area (TPSA) is 133 Å². The summed E-state index contributed by atoms with van der Waals surface area (Å²) in [7, 11) is 2.12. The summed E-state index contributed by atoms with van der Waals surface area (Å²) in [4.78, 5) is 18.5. The number of aliphatic carboxylic acids is 1. The summed E-state index contributed by atoms with van der Waals surface area (Å²) in [6, 6.07) is 3.24. The molecule has 1 rings (SSSR count). The number of hydrogen-bond donors (Lipinski definition) is 1. The Hall–Kier alpha value is -3.34. The number of rotatable bonds is 11. The summed E-state index contributed by atoms with van der Waals surface area (Å²) in [6.07, 6.45) is 2.73. The number of hydrogen-bond acceptors (Lipinski definition) is 9. The second-order valence-electron chi connectivity index (χ2n) is 6.46. The lowest BCUT2D eigenvalue weighted by molar-refractivity contribution is -0.135. The number of sulfone groups is 1. The Kier molecular flexibility index (Phi) is 10.4. The average molecular weight is 469 g/mol. The molecule has 0 unspecified atom stereocenters. The Morgan fingerprint density at radius 1 is 1.06 bits per heavy atom.